The zero-order valence-corrected chi connectivity index (χ0v) is 12.0. The molecule has 0 radical (unpaired) electrons. The third kappa shape index (κ3) is 2.74. The summed E-state index contributed by atoms with van der Waals surface area (Å²) in [4.78, 5) is 20.9. The van der Waals surface area contributed by atoms with E-state index in [1.54, 1.807) is 12.1 Å². The molecule has 5 heteroatoms. The number of carbonyl (C=O) groups is 1. The van der Waals surface area contributed by atoms with Gasteiger partial charge in [-0.3, -0.25) is 15.1 Å². The topological polar surface area (TPSA) is 67.8 Å². The van der Waals surface area contributed by atoms with Crippen LogP contribution in [0.25, 0.3) is 5.57 Å². The van der Waals surface area contributed by atoms with Crippen LogP contribution in [0.2, 0.25) is 0 Å². The number of allylic oxidation sites excluding steroid dienone is 6. The van der Waals surface area contributed by atoms with Gasteiger partial charge in [-0.15, -0.1) is 0 Å². The van der Waals surface area contributed by atoms with Gasteiger partial charge in [-0.2, -0.15) is 0 Å². The molecule has 2 N–H and O–H groups in total. The molecule has 1 aromatic rings. The van der Waals surface area contributed by atoms with Gasteiger partial charge < -0.3 is 5.11 Å². The Kier molecular flexibility index (Phi) is 3.70. The summed E-state index contributed by atoms with van der Waals surface area (Å²) in [5.74, 6) is 0.686. The summed E-state index contributed by atoms with van der Waals surface area (Å²) in [7, 11) is 0. The van der Waals surface area contributed by atoms with Gasteiger partial charge in [-0.25, -0.2) is 4.79 Å². The lowest BCUT2D eigenvalue weighted by atomic mass is 9.90. The molecule has 1 aromatic carbocycles. The van der Waals surface area contributed by atoms with Crippen LogP contribution in [0.1, 0.15) is 17.5 Å². The predicted octanol–water partition coefficient (Wildman–Crippen LogP) is 4.16. The van der Waals surface area contributed by atoms with E-state index in [0.29, 0.717) is 17.9 Å². The number of rotatable bonds is 2. The van der Waals surface area contributed by atoms with Gasteiger partial charge in [0.1, 0.15) is 6.26 Å². The Morgan fingerprint density at radius 3 is 2.91 bits per heavy atom. The highest BCUT2D eigenvalue weighted by molar-refractivity contribution is 5.86. The van der Waals surface area contributed by atoms with E-state index in [-0.39, 0.29) is 0 Å². The maximum atomic E-state index is 10.9. The fraction of sp³-hybridized carbons (Fsp3) is 0.118. The summed E-state index contributed by atoms with van der Waals surface area (Å²) in [5, 5.41) is 11.3. The molecule has 0 spiro atoms. The van der Waals surface area contributed by atoms with Crippen LogP contribution in [0.4, 0.5) is 10.5 Å². The molecular formula is C17H15NO4. The summed E-state index contributed by atoms with van der Waals surface area (Å²) >= 11 is 0. The quantitative estimate of drug-likeness (QED) is 0.804. The van der Waals surface area contributed by atoms with E-state index in [1.807, 2.05) is 37.3 Å². The highest BCUT2D eigenvalue weighted by atomic mass is 17.2. The average Bonchev–Trinajstić information content (AvgIpc) is 2.73. The molecular weight excluding hydrogens is 282 g/mol. The normalized spacial score (nSPS) is 16.1. The molecule has 2 aliphatic rings. The van der Waals surface area contributed by atoms with Crippen LogP contribution in [0.15, 0.2) is 60.1 Å². The van der Waals surface area contributed by atoms with Crippen molar-refractivity contribution in [3.8, 4) is 0 Å². The van der Waals surface area contributed by atoms with Crippen molar-refractivity contribution < 1.29 is 19.7 Å². The molecule has 0 saturated heterocycles. The Morgan fingerprint density at radius 2 is 2.09 bits per heavy atom. The number of nitrogens with one attached hydrogen (secondary N) is 1. The van der Waals surface area contributed by atoms with Crippen LogP contribution < -0.4 is 5.32 Å². The van der Waals surface area contributed by atoms with Crippen molar-refractivity contribution in [2.75, 3.05) is 5.32 Å². The standard InChI is InChI=1S/C17H15NO4/c1-11-14(5-2-6-15(11)18-17(19)20)12-7-8-16-13(10-12)4-3-9-21-22-16/h2-9,18H,10H2,1H3,(H,19,20). The minimum atomic E-state index is -1.07. The highest BCUT2D eigenvalue weighted by Gasteiger charge is 2.18. The molecule has 0 unspecified atom stereocenters. The van der Waals surface area contributed by atoms with E-state index >= 15 is 0 Å². The van der Waals surface area contributed by atoms with Crippen LogP contribution >= 0.6 is 0 Å². The van der Waals surface area contributed by atoms with E-state index in [2.05, 4.69) is 5.32 Å². The van der Waals surface area contributed by atoms with Crippen LogP contribution in [0, 0.1) is 6.92 Å². The van der Waals surface area contributed by atoms with Gasteiger partial charge in [0, 0.05) is 17.7 Å². The van der Waals surface area contributed by atoms with Gasteiger partial charge in [0.05, 0.1) is 0 Å². The summed E-state index contributed by atoms with van der Waals surface area (Å²) in [6, 6.07) is 5.58. The van der Waals surface area contributed by atoms with Gasteiger partial charge in [-0.05, 0) is 41.8 Å². The van der Waals surface area contributed by atoms with E-state index in [4.69, 9.17) is 14.9 Å². The molecule has 5 nitrogen and oxygen atoms in total. The van der Waals surface area contributed by atoms with Crippen molar-refractivity contribution in [2.24, 2.45) is 0 Å². The van der Waals surface area contributed by atoms with Crippen molar-refractivity contribution in [2.45, 2.75) is 13.3 Å². The minimum absolute atomic E-state index is 0.593. The molecule has 0 fully saturated rings. The monoisotopic (exact) mass is 297 g/mol. The molecule has 1 amide bonds. The molecule has 1 aliphatic carbocycles. The molecule has 1 aliphatic heterocycles. The number of fused-ring (bicyclic) bond motifs is 1. The third-order valence-corrected chi connectivity index (χ3v) is 3.62. The van der Waals surface area contributed by atoms with E-state index in [0.717, 1.165) is 22.3 Å². The number of anilines is 1. The van der Waals surface area contributed by atoms with Crippen molar-refractivity contribution in [1.29, 1.82) is 0 Å². The van der Waals surface area contributed by atoms with Gasteiger partial charge in [0.15, 0.2) is 5.76 Å². The fourth-order valence-corrected chi connectivity index (χ4v) is 2.54. The first-order valence-electron chi connectivity index (χ1n) is 6.85. The summed E-state index contributed by atoms with van der Waals surface area (Å²) in [5.41, 5.74) is 4.62. The number of hydrogen-bond donors (Lipinski definition) is 2. The zero-order valence-electron chi connectivity index (χ0n) is 12.0. The molecule has 0 bridgehead atoms. The van der Waals surface area contributed by atoms with Crippen LogP contribution in [0.5, 0.6) is 0 Å². The summed E-state index contributed by atoms with van der Waals surface area (Å²) in [6.45, 7) is 1.90. The number of hydrogen-bond acceptors (Lipinski definition) is 3. The Labute approximate surface area is 127 Å². The molecule has 1 heterocycles. The first-order valence-corrected chi connectivity index (χ1v) is 6.85. The van der Waals surface area contributed by atoms with Crippen molar-refractivity contribution in [3.05, 3.63) is 71.2 Å². The average molecular weight is 297 g/mol. The van der Waals surface area contributed by atoms with Gasteiger partial charge >= 0.3 is 6.09 Å². The SMILES string of the molecule is Cc1c(NC(=O)O)cccc1C1=CC=C2OOC=CC=C2C1. The number of amides is 1. The summed E-state index contributed by atoms with van der Waals surface area (Å²) in [6.07, 6.45) is 8.66. The molecule has 0 atom stereocenters. The predicted molar refractivity (Wildman–Crippen MR) is 82.9 cm³/mol. The van der Waals surface area contributed by atoms with Crippen molar-refractivity contribution in [3.63, 3.8) is 0 Å². The highest BCUT2D eigenvalue weighted by Crippen LogP contribution is 2.35. The Bertz CT molecular complexity index is 741. The zero-order chi connectivity index (χ0) is 15.5. The first-order chi connectivity index (χ1) is 10.6. The van der Waals surface area contributed by atoms with E-state index in [1.165, 1.54) is 6.26 Å². The smallest absolute Gasteiger partial charge is 0.409 e. The Morgan fingerprint density at radius 1 is 1.23 bits per heavy atom. The number of carboxylic acid groups (broad SMARTS) is 1. The van der Waals surface area contributed by atoms with Crippen LogP contribution in [-0.2, 0) is 9.78 Å². The second-order valence-corrected chi connectivity index (χ2v) is 5.01. The maximum Gasteiger partial charge on any atom is 0.409 e. The lowest BCUT2D eigenvalue weighted by Gasteiger charge is -2.18. The Hall–Kier alpha value is -2.95. The first kappa shape index (κ1) is 14.0. The minimum Gasteiger partial charge on any atom is -0.465 e. The van der Waals surface area contributed by atoms with Crippen LogP contribution in [-0.4, -0.2) is 11.2 Å². The van der Waals surface area contributed by atoms with Crippen LogP contribution in [0.3, 0.4) is 0 Å². The molecule has 0 saturated carbocycles. The lowest BCUT2D eigenvalue weighted by molar-refractivity contribution is -0.207. The van der Waals surface area contributed by atoms with Gasteiger partial charge in [0.2, 0.25) is 0 Å². The second-order valence-electron chi connectivity index (χ2n) is 5.01. The third-order valence-electron chi connectivity index (χ3n) is 3.62. The fourth-order valence-electron chi connectivity index (χ4n) is 2.54. The molecule has 3 rings (SSSR count). The Balaban J connectivity index is 1.97. The lowest BCUT2D eigenvalue weighted by Crippen LogP contribution is -2.09. The molecule has 0 aromatic heterocycles. The molecule has 22 heavy (non-hydrogen) atoms. The van der Waals surface area contributed by atoms with Gasteiger partial charge in [-0.1, -0.05) is 24.3 Å². The second kappa shape index (κ2) is 5.81. The largest absolute Gasteiger partial charge is 0.465 e. The van der Waals surface area contributed by atoms with Crippen molar-refractivity contribution >= 4 is 17.4 Å². The maximum absolute atomic E-state index is 10.9. The van der Waals surface area contributed by atoms with E-state index < -0.39 is 6.09 Å². The van der Waals surface area contributed by atoms with Crippen molar-refractivity contribution in [1.82, 2.24) is 0 Å². The summed E-state index contributed by atoms with van der Waals surface area (Å²) < 4.78 is 0. The molecule has 112 valence electrons. The van der Waals surface area contributed by atoms with Gasteiger partial charge in [0.25, 0.3) is 0 Å². The van der Waals surface area contributed by atoms with E-state index in [9.17, 15) is 4.79 Å². The number of benzene rings is 1.